The molecule has 146 valence electrons. The van der Waals surface area contributed by atoms with Gasteiger partial charge in [-0.1, -0.05) is 11.6 Å². The summed E-state index contributed by atoms with van der Waals surface area (Å²) in [6.45, 7) is 0. The Bertz CT molecular complexity index is 892. The molecule has 0 radical (unpaired) electrons. The van der Waals surface area contributed by atoms with Gasteiger partial charge in [-0.25, -0.2) is 8.42 Å². The van der Waals surface area contributed by atoms with Crippen molar-refractivity contribution in [2.45, 2.75) is 47.5 Å². The number of benzene rings is 1. The topological polar surface area (TPSA) is 105 Å². The van der Waals surface area contributed by atoms with Crippen molar-refractivity contribution in [1.29, 1.82) is 5.26 Å². The maximum atomic E-state index is 13.1. The number of rotatable bonds is 6. The lowest BCUT2D eigenvalue weighted by atomic mass is 10.0. The van der Waals surface area contributed by atoms with E-state index in [4.69, 9.17) is 26.3 Å². The molecule has 2 fully saturated rings. The van der Waals surface area contributed by atoms with Crippen molar-refractivity contribution in [3.8, 4) is 11.8 Å². The number of sulfone groups is 1. The number of carbonyl (C=O) groups excluding carboxylic acids is 1. The van der Waals surface area contributed by atoms with Crippen molar-refractivity contribution in [2.24, 2.45) is 5.92 Å². The maximum absolute atomic E-state index is 13.1. The summed E-state index contributed by atoms with van der Waals surface area (Å²) < 4.78 is 36.6. The summed E-state index contributed by atoms with van der Waals surface area (Å²) in [6.07, 6.45) is 1.01. The van der Waals surface area contributed by atoms with Gasteiger partial charge < -0.3 is 14.8 Å². The number of nitrogens with zero attached hydrogens (tertiary/aromatic N) is 1. The molecule has 0 aromatic heterocycles. The van der Waals surface area contributed by atoms with Gasteiger partial charge in [0, 0.05) is 13.2 Å². The number of amides is 1. The molecule has 7 nitrogen and oxygen atoms in total. The lowest BCUT2D eigenvalue weighted by Gasteiger charge is -2.19. The van der Waals surface area contributed by atoms with Crippen LogP contribution in [0.1, 0.15) is 25.7 Å². The van der Waals surface area contributed by atoms with Gasteiger partial charge in [0.1, 0.15) is 11.3 Å². The van der Waals surface area contributed by atoms with E-state index in [-0.39, 0.29) is 28.7 Å². The van der Waals surface area contributed by atoms with Gasteiger partial charge in [-0.2, -0.15) is 5.26 Å². The maximum Gasteiger partial charge on any atom is 0.227 e. The highest BCUT2D eigenvalue weighted by Gasteiger charge is 2.50. The second-order valence-electron chi connectivity index (χ2n) is 7.00. The molecule has 2 aliphatic rings. The highest BCUT2D eigenvalue weighted by molar-refractivity contribution is 7.92. The molecule has 2 aliphatic carbocycles. The highest BCUT2D eigenvalue weighted by Crippen LogP contribution is 2.40. The minimum Gasteiger partial charge on any atom is -0.497 e. The average Bonchev–Trinajstić information content (AvgIpc) is 3.27. The van der Waals surface area contributed by atoms with E-state index in [1.165, 1.54) is 32.4 Å². The zero-order valence-corrected chi connectivity index (χ0v) is 16.6. The molecule has 1 amide bonds. The summed E-state index contributed by atoms with van der Waals surface area (Å²) in [4.78, 5) is 12.6. The molecule has 0 bridgehead atoms. The van der Waals surface area contributed by atoms with Gasteiger partial charge in [0.05, 0.1) is 40.4 Å². The third kappa shape index (κ3) is 3.77. The van der Waals surface area contributed by atoms with Crippen molar-refractivity contribution >= 4 is 27.3 Å². The second-order valence-corrected chi connectivity index (χ2v) is 9.60. The summed E-state index contributed by atoms with van der Waals surface area (Å²) >= 11 is 6.15. The fraction of sp³-hybridized carbons (Fsp3) is 0.556. The largest absolute Gasteiger partial charge is 0.497 e. The lowest BCUT2D eigenvalue weighted by Crippen LogP contribution is -2.42. The number of hydrogen-bond donors (Lipinski definition) is 1. The number of nitrogens with one attached hydrogen (secondary N) is 1. The predicted octanol–water partition coefficient (Wildman–Crippen LogP) is 2.09. The third-order valence-corrected chi connectivity index (χ3v) is 7.97. The molecular weight excluding hydrogens is 392 g/mol. The van der Waals surface area contributed by atoms with Crippen LogP contribution in [-0.4, -0.2) is 45.4 Å². The number of ether oxygens (including phenoxy) is 2. The SMILES string of the molecule is COc1ccc(S(=O)(=O)C2CC(OC)[C@@H](C(=O)NC3(C#N)CC3)C2)c(Cl)c1. The van der Waals surface area contributed by atoms with Gasteiger partial charge >= 0.3 is 0 Å². The van der Waals surface area contributed by atoms with Gasteiger partial charge in [-0.15, -0.1) is 0 Å². The zero-order chi connectivity index (χ0) is 19.8. The monoisotopic (exact) mass is 412 g/mol. The first-order chi connectivity index (χ1) is 12.8. The molecular formula is C18H21ClN2O5S. The summed E-state index contributed by atoms with van der Waals surface area (Å²) in [5.74, 6) is -0.499. The van der Waals surface area contributed by atoms with Crippen molar-refractivity contribution < 1.29 is 22.7 Å². The van der Waals surface area contributed by atoms with Crippen LogP contribution < -0.4 is 10.1 Å². The fourth-order valence-electron chi connectivity index (χ4n) is 3.48. The molecule has 1 N–H and O–H groups in total. The van der Waals surface area contributed by atoms with Crippen LogP contribution in [-0.2, 0) is 19.4 Å². The van der Waals surface area contributed by atoms with Crippen LogP contribution in [0.25, 0.3) is 0 Å². The zero-order valence-electron chi connectivity index (χ0n) is 15.1. The van der Waals surface area contributed by atoms with Crippen LogP contribution in [0, 0.1) is 17.2 Å². The molecule has 1 aromatic rings. The Labute approximate surface area is 163 Å². The predicted molar refractivity (Wildman–Crippen MR) is 98.2 cm³/mol. The quantitative estimate of drug-likeness (QED) is 0.766. The third-order valence-electron chi connectivity index (χ3n) is 5.31. The van der Waals surface area contributed by atoms with Gasteiger partial charge in [-0.3, -0.25) is 4.79 Å². The first kappa shape index (κ1) is 19.9. The van der Waals surface area contributed by atoms with Crippen molar-refractivity contribution in [3.05, 3.63) is 23.2 Å². The molecule has 2 saturated carbocycles. The van der Waals surface area contributed by atoms with Gasteiger partial charge in [-0.05, 0) is 37.8 Å². The van der Waals surface area contributed by atoms with E-state index in [9.17, 15) is 13.2 Å². The number of carbonyl (C=O) groups is 1. The molecule has 0 heterocycles. The summed E-state index contributed by atoms with van der Waals surface area (Å²) in [6, 6.07) is 6.51. The van der Waals surface area contributed by atoms with Crippen molar-refractivity contribution in [3.63, 3.8) is 0 Å². The van der Waals surface area contributed by atoms with Crippen LogP contribution in [0.5, 0.6) is 5.75 Å². The molecule has 0 aliphatic heterocycles. The number of nitriles is 1. The Balaban J connectivity index is 1.81. The summed E-state index contributed by atoms with van der Waals surface area (Å²) in [5.41, 5.74) is -0.800. The van der Waals surface area contributed by atoms with E-state index < -0.39 is 32.6 Å². The summed E-state index contributed by atoms with van der Waals surface area (Å²) in [7, 11) is -0.825. The van der Waals surface area contributed by atoms with Crippen LogP contribution in [0.2, 0.25) is 5.02 Å². The summed E-state index contributed by atoms with van der Waals surface area (Å²) in [5, 5.41) is 11.2. The normalized spacial score (nSPS) is 26.2. The van der Waals surface area contributed by atoms with Crippen LogP contribution in [0.15, 0.2) is 23.1 Å². The Morgan fingerprint density at radius 3 is 2.56 bits per heavy atom. The van der Waals surface area contributed by atoms with E-state index in [1.54, 1.807) is 0 Å². The molecule has 3 rings (SSSR count). The van der Waals surface area contributed by atoms with E-state index in [0.29, 0.717) is 18.6 Å². The molecule has 9 heteroatoms. The minimum atomic E-state index is -3.75. The fourth-order valence-corrected chi connectivity index (χ4v) is 5.83. The van der Waals surface area contributed by atoms with Crippen LogP contribution in [0.3, 0.4) is 0 Å². The first-order valence-corrected chi connectivity index (χ1v) is 10.5. The Morgan fingerprint density at radius 1 is 1.33 bits per heavy atom. The van der Waals surface area contributed by atoms with E-state index in [1.807, 2.05) is 0 Å². The standard InChI is InChI=1S/C18H21ClN2O5S/c1-25-11-3-4-16(14(19)7-11)27(23,24)12-8-13(15(9-12)26-2)17(22)21-18(10-20)5-6-18/h3-4,7,12-13,15H,5-6,8-9H2,1-2H3,(H,21,22)/t12?,13-,15?/m0/s1. The average molecular weight is 413 g/mol. The molecule has 0 spiro atoms. The van der Waals surface area contributed by atoms with Crippen LogP contribution >= 0.6 is 11.6 Å². The van der Waals surface area contributed by atoms with E-state index in [0.717, 1.165) is 0 Å². The molecule has 2 unspecified atom stereocenters. The Morgan fingerprint density at radius 2 is 2.04 bits per heavy atom. The molecule has 3 atom stereocenters. The van der Waals surface area contributed by atoms with Gasteiger partial charge in [0.2, 0.25) is 5.91 Å². The molecule has 1 aromatic carbocycles. The van der Waals surface area contributed by atoms with Crippen molar-refractivity contribution in [2.75, 3.05) is 14.2 Å². The number of hydrogen-bond acceptors (Lipinski definition) is 6. The highest BCUT2D eigenvalue weighted by atomic mass is 35.5. The first-order valence-electron chi connectivity index (χ1n) is 8.60. The Kier molecular flexibility index (Phi) is 5.39. The van der Waals surface area contributed by atoms with Gasteiger partial charge in [0.15, 0.2) is 9.84 Å². The Hall–Kier alpha value is -1.82. The lowest BCUT2D eigenvalue weighted by molar-refractivity contribution is -0.128. The number of halogens is 1. The van der Waals surface area contributed by atoms with Crippen LogP contribution in [0.4, 0.5) is 0 Å². The van der Waals surface area contributed by atoms with E-state index in [2.05, 4.69) is 11.4 Å². The second kappa shape index (κ2) is 7.30. The minimum absolute atomic E-state index is 0.0153. The van der Waals surface area contributed by atoms with Crippen molar-refractivity contribution in [1.82, 2.24) is 5.32 Å². The van der Waals surface area contributed by atoms with Gasteiger partial charge in [0.25, 0.3) is 0 Å². The molecule has 0 saturated heterocycles. The van der Waals surface area contributed by atoms with E-state index >= 15 is 0 Å². The molecule has 27 heavy (non-hydrogen) atoms. The number of methoxy groups -OCH3 is 2. The smallest absolute Gasteiger partial charge is 0.227 e.